The number of aliphatic hydroxyl groups excluding tert-OH is 1. The van der Waals surface area contributed by atoms with Crippen LogP contribution in [0.1, 0.15) is 55.4 Å². The Kier molecular flexibility index (Phi) is 6.39. The molecule has 0 aliphatic heterocycles. The van der Waals surface area contributed by atoms with Crippen LogP contribution in [0.2, 0.25) is 0 Å². The third-order valence-electron chi connectivity index (χ3n) is 5.14. The fourth-order valence-electron chi connectivity index (χ4n) is 3.69. The minimum atomic E-state index is -0.450. The van der Waals surface area contributed by atoms with E-state index in [1.165, 1.54) is 17.7 Å². The van der Waals surface area contributed by atoms with Gasteiger partial charge in [-0.05, 0) is 51.0 Å². The Labute approximate surface area is 164 Å². The van der Waals surface area contributed by atoms with E-state index < -0.39 is 6.10 Å². The lowest BCUT2D eigenvalue weighted by Crippen LogP contribution is -2.40. The second-order valence-electron chi connectivity index (χ2n) is 7.10. The van der Waals surface area contributed by atoms with Crippen molar-refractivity contribution in [3.8, 4) is 5.75 Å². The van der Waals surface area contributed by atoms with Gasteiger partial charge in [0.1, 0.15) is 5.75 Å². The van der Waals surface area contributed by atoms with Crippen LogP contribution < -0.4 is 15.4 Å². The summed E-state index contributed by atoms with van der Waals surface area (Å²) in [5, 5.41) is 15.8. The lowest BCUT2D eigenvalue weighted by atomic mass is 9.84. The minimum absolute atomic E-state index is 0.0332. The van der Waals surface area contributed by atoms with E-state index in [-0.39, 0.29) is 11.4 Å². The maximum Gasteiger partial charge on any atom is 0.319 e. The number of anilines is 1. The number of thiophene rings is 1. The van der Waals surface area contributed by atoms with Gasteiger partial charge in [-0.2, -0.15) is 0 Å². The molecular weight excluding hydrogens is 360 g/mol. The van der Waals surface area contributed by atoms with Crippen LogP contribution in [0.15, 0.2) is 36.4 Å². The lowest BCUT2D eigenvalue weighted by Gasteiger charge is -2.28. The first kappa shape index (κ1) is 19.7. The number of aliphatic hydroxyl groups is 1. The van der Waals surface area contributed by atoms with Gasteiger partial charge >= 0.3 is 6.03 Å². The Morgan fingerprint density at radius 2 is 2.00 bits per heavy atom. The molecule has 1 aromatic heterocycles. The molecule has 0 bridgehead atoms. The average Bonchev–Trinajstić information content (AvgIpc) is 3.32. The summed E-state index contributed by atoms with van der Waals surface area (Å²) in [7, 11) is 0. The highest BCUT2D eigenvalue weighted by Gasteiger charge is 2.37. The molecule has 6 heteroatoms. The zero-order valence-corrected chi connectivity index (χ0v) is 16.8. The van der Waals surface area contributed by atoms with E-state index in [1.807, 2.05) is 37.3 Å². The summed E-state index contributed by atoms with van der Waals surface area (Å²) in [5.74, 6) is 0.672. The smallest absolute Gasteiger partial charge is 0.319 e. The molecule has 1 heterocycles. The normalized spacial score (nSPS) is 16.7. The molecule has 1 atom stereocenters. The van der Waals surface area contributed by atoms with Crippen molar-refractivity contribution < 1.29 is 14.6 Å². The quantitative estimate of drug-likeness (QED) is 0.636. The van der Waals surface area contributed by atoms with Crippen molar-refractivity contribution in [3.63, 3.8) is 0 Å². The van der Waals surface area contributed by atoms with Crippen LogP contribution in [0.25, 0.3) is 0 Å². The van der Waals surface area contributed by atoms with Crippen LogP contribution in [0, 0.1) is 0 Å². The summed E-state index contributed by atoms with van der Waals surface area (Å²) < 4.78 is 5.57. The van der Waals surface area contributed by atoms with E-state index >= 15 is 0 Å². The van der Waals surface area contributed by atoms with Crippen molar-refractivity contribution >= 4 is 23.1 Å². The Morgan fingerprint density at radius 1 is 1.26 bits per heavy atom. The van der Waals surface area contributed by atoms with Crippen molar-refractivity contribution in [2.24, 2.45) is 0 Å². The van der Waals surface area contributed by atoms with Gasteiger partial charge in [0.25, 0.3) is 0 Å². The van der Waals surface area contributed by atoms with Crippen molar-refractivity contribution in [1.29, 1.82) is 0 Å². The highest BCUT2D eigenvalue weighted by Crippen LogP contribution is 2.44. The summed E-state index contributed by atoms with van der Waals surface area (Å²) in [6, 6.07) is 11.3. The van der Waals surface area contributed by atoms with Gasteiger partial charge in [0.2, 0.25) is 0 Å². The van der Waals surface area contributed by atoms with E-state index in [1.54, 1.807) is 18.3 Å². The van der Waals surface area contributed by atoms with Crippen LogP contribution >= 0.6 is 11.3 Å². The van der Waals surface area contributed by atoms with E-state index in [9.17, 15) is 9.90 Å². The molecule has 146 valence electrons. The molecule has 1 saturated carbocycles. The number of ether oxygens (including phenoxy) is 1. The van der Waals surface area contributed by atoms with Crippen LogP contribution in [0.3, 0.4) is 0 Å². The molecule has 1 aromatic carbocycles. The van der Waals surface area contributed by atoms with Crippen LogP contribution in [-0.4, -0.2) is 24.3 Å². The number of nitrogens with one attached hydrogen (secondary N) is 2. The van der Waals surface area contributed by atoms with Gasteiger partial charge in [-0.25, -0.2) is 4.79 Å². The predicted octanol–water partition coefficient (Wildman–Crippen LogP) is 4.83. The van der Waals surface area contributed by atoms with Gasteiger partial charge in [0.15, 0.2) is 0 Å². The number of urea groups is 1. The molecule has 2 amide bonds. The highest BCUT2D eigenvalue weighted by molar-refractivity contribution is 7.12. The van der Waals surface area contributed by atoms with Crippen LogP contribution in [0.5, 0.6) is 5.75 Å². The lowest BCUT2D eigenvalue weighted by molar-refractivity contribution is 0.203. The van der Waals surface area contributed by atoms with Crippen LogP contribution in [0.4, 0.5) is 10.5 Å². The first-order chi connectivity index (χ1) is 13.0. The average molecular weight is 389 g/mol. The number of benzene rings is 1. The third kappa shape index (κ3) is 4.62. The summed E-state index contributed by atoms with van der Waals surface area (Å²) in [4.78, 5) is 14.7. The SMILES string of the molecule is CCOc1ccccc1NC(=O)NCC1(c2ccc(C(C)O)s2)CCCC1. The Balaban J connectivity index is 1.67. The zero-order chi connectivity index (χ0) is 19.3. The monoisotopic (exact) mass is 388 g/mol. The molecule has 0 spiro atoms. The van der Waals surface area contributed by atoms with Crippen molar-refractivity contribution in [2.75, 3.05) is 18.5 Å². The van der Waals surface area contributed by atoms with Gasteiger partial charge in [-0.3, -0.25) is 0 Å². The summed E-state index contributed by atoms with van der Waals surface area (Å²) in [5.41, 5.74) is 0.638. The van der Waals surface area contributed by atoms with Gasteiger partial charge < -0.3 is 20.5 Å². The molecule has 5 nitrogen and oxygen atoms in total. The highest BCUT2D eigenvalue weighted by atomic mass is 32.1. The Hall–Kier alpha value is -2.05. The topological polar surface area (TPSA) is 70.6 Å². The van der Waals surface area contributed by atoms with Gasteiger partial charge in [0, 0.05) is 21.7 Å². The number of hydrogen-bond acceptors (Lipinski definition) is 4. The number of para-hydroxylation sites is 2. The number of carbonyl (C=O) groups is 1. The van der Waals surface area contributed by atoms with Gasteiger partial charge in [0.05, 0.1) is 18.4 Å². The van der Waals surface area contributed by atoms with Crippen LogP contribution in [-0.2, 0) is 5.41 Å². The number of amides is 2. The minimum Gasteiger partial charge on any atom is -0.492 e. The molecule has 0 saturated heterocycles. The Bertz CT molecular complexity index is 766. The first-order valence-corrected chi connectivity index (χ1v) is 10.4. The maximum atomic E-state index is 12.5. The largest absolute Gasteiger partial charge is 0.492 e. The summed E-state index contributed by atoms with van der Waals surface area (Å²) in [6.45, 7) is 4.85. The molecule has 3 N–H and O–H groups in total. The second kappa shape index (κ2) is 8.76. The standard InChI is InChI=1S/C21H28N2O3S/c1-3-26-17-9-5-4-8-16(17)23-20(25)22-14-21(12-6-7-13-21)19-11-10-18(27-19)15(2)24/h4-5,8-11,15,24H,3,6-7,12-14H2,1-2H3,(H2,22,23,25). The molecule has 1 aliphatic carbocycles. The summed E-state index contributed by atoms with van der Waals surface area (Å²) in [6.07, 6.45) is 4.00. The second-order valence-corrected chi connectivity index (χ2v) is 8.22. The van der Waals surface area contributed by atoms with Crippen molar-refractivity contribution in [2.45, 2.75) is 51.0 Å². The molecule has 27 heavy (non-hydrogen) atoms. The van der Waals surface area contributed by atoms with Crippen molar-refractivity contribution in [1.82, 2.24) is 5.32 Å². The molecule has 1 fully saturated rings. The number of carbonyl (C=O) groups excluding carboxylic acids is 1. The van der Waals surface area contributed by atoms with Crippen molar-refractivity contribution in [3.05, 3.63) is 46.2 Å². The number of hydrogen-bond donors (Lipinski definition) is 3. The maximum absolute atomic E-state index is 12.5. The fourth-order valence-corrected chi connectivity index (χ4v) is 4.88. The Morgan fingerprint density at radius 3 is 2.67 bits per heavy atom. The van der Waals surface area contributed by atoms with E-state index in [0.717, 1.165) is 17.7 Å². The molecule has 2 aromatic rings. The summed E-state index contributed by atoms with van der Waals surface area (Å²) >= 11 is 1.66. The van der Waals surface area contributed by atoms with E-state index in [4.69, 9.17) is 4.74 Å². The molecule has 0 radical (unpaired) electrons. The van der Waals surface area contributed by atoms with E-state index in [0.29, 0.717) is 24.6 Å². The van der Waals surface area contributed by atoms with E-state index in [2.05, 4.69) is 16.7 Å². The first-order valence-electron chi connectivity index (χ1n) is 9.59. The predicted molar refractivity (Wildman–Crippen MR) is 110 cm³/mol. The number of rotatable bonds is 7. The van der Waals surface area contributed by atoms with Gasteiger partial charge in [-0.15, -0.1) is 11.3 Å². The fraction of sp³-hybridized carbons (Fsp3) is 0.476. The van der Waals surface area contributed by atoms with Gasteiger partial charge in [-0.1, -0.05) is 25.0 Å². The molecule has 1 unspecified atom stereocenters. The zero-order valence-electron chi connectivity index (χ0n) is 16.0. The molecule has 1 aliphatic rings. The molecule has 3 rings (SSSR count). The molecular formula is C21H28N2O3S. The third-order valence-corrected chi connectivity index (χ3v) is 6.65.